The van der Waals surface area contributed by atoms with E-state index in [1.165, 1.54) is 0 Å². The van der Waals surface area contributed by atoms with Gasteiger partial charge in [-0.3, -0.25) is 9.48 Å². The Morgan fingerprint density at radius 2 is 2.00 bits per heavy atom. The lowest BCUT2D eigenvalue weighted by molar-refractivity contribution is 0.0563. The first kappa shape index (κ1) is 17.4. The Morgan fingerprint density at radius 1 is 1.19 bits per heavy atom. The summed E-state index contributed by atoms with van der Waals surface area (Å²) in [6, 6.07) is 13.5. The van der Waals surface area contributed by atoms with Gasteiger partial charge in [-0.1, -0.05) is 18.2 Å². The van der Waals surface area contributed by atoms with Gasteiger partial charge in [-0.15, -0.1) is 0 Å². The lowest BCUT2D eigenvalue weighted by atomic mass is 10.1. The topological polar surface area (TPSA) is 60.5 Å². The summed E-state index contributed by atoms with van der Waals surface area (Å²) in [5.41, 5.74) is 1.14. The maximum Gasteiger partial charge on any atom is 0.289 e. The van der Waals surface area contributed by atoms with Gasteiger partial charge in [0.1, 0.15) is 17.6 Å². The fourth-order valence-corrected chi connectivity index (χ4v) is 3.33. The molecular weight excluding hydrogens is 342 g/mol. The molecule has 1 aromatic carbocycles. The van der Waals surface area contributed by atoms with E-state index >= 15 is 0 Å². The standard InChI is InChI=1S/C21H23N3O3/c1-16-5-2-3-6-19(16)26-17-9-13-23(14-10-17)21(25)20-8-7-18(27-20)15-24-12-4-11-22-24/h2-8,11-12,17H,9-10,13-15H2,1H3. The van der Waals surface area contributed by atoms with Crippen molar-refractivity contribution in [1.82, 2.24) is 14.7 Å². The number of nitrogens with zero attached hydrogens (tertiary/aromatic N) is 3. The average molecular weight is 365 g/mol. The molecule has 0 bridgehead atoms. The predicted octanol–water partition coefficient (Wildman–Crippen LogP) is 3.52. The lowest BCUT2D eigenvalue weighted by Gasteiger charge is -2.32. The van der Waals surface area contributed by atoms with Crippen LogP contribution in [-0.4, -0.2) is 39.8 Å². The monoisotopic (exact) mass is 365 g/mol. The van der Waals surface area contributed by atoms with Crippen LogP contribution in [0.4, 0.5) is 0 Å². The van der Waals surface area contributed by atoms with Crippen molar-refractivity contribution in [3.63, 3.8) is 0 Å². The Morgan fingerprint density at radius 3 is 2.74 bits per heavy atom. The van der Waals surface area contributed by atoms with E-state index < -0.39 is 0 Å². The highest BCUT2D eigenvalue weighted by Crippen LogP contribution is 2.23. The smallest absolute Gasteiger partial charge is 0.289 e. The Hall–Kier alpha value is -3.02. The van der Waals surface area contributed by atoms with Crippen LogP contribution in [0, 0.1) is 6.92 Å². The minimum atomic E-state index is -0.0592. The van der Waals surface area contributed by atoms with E-state index in [-0.39, 0.29) is 12.0 Å². The number of carbonyl (C=O) groups is 1. The number of piperidine rings is 1. The first-order chi connectivity index (χ1) is 13.2. The fourth-order valence-electron chi connectivity index (χ4n) is 3.33. The van der Waals surface area contributed by atoms with Gasteiger partial charge in [-0.25, -0.2) is 0 Å². The number of carbonyl (C=O) groups excluding carboxylic acids is 1. The second kappa shape index (κ2) is 7.70. The zero-order valence-corrected chi connectivity index (χ0v) is 15.4. The minimum absolute atomic E-state index is 0.0592. The molecule has 27 heavy (non-hydrogen) atoms. The van der Waals surface area contributed by atoms with Crippen LogP contribution in [0.1, 0.15) is 34.7 Å². The highest BCUT2D eigenvalue weighted by molar-refractivity contribution is 5.91. The van der Waals surface area contributed by atoms with E-state index in [2.05, 4.69) is 5.10 Å². The Labute approximate surface area is 158 Å². The summed E-state index contributed by atoms with van der Waals surface area (Å²) in [6.45, 7) is 3.91. The van der Waals surface area contributed by atoms with Crippen LogP contribution in [0.3, 0.4) is 0 Å². The van der Waals surface area contributed by atoms with Gasteiger partial charge in [-0.05, 0) is 36.8 Å². The summed E-state index contributed by atoms with van der Waals surface area (Å²) < 4.78 is 13.6. The number of para-hydroxylation sites is 1. The summed E-state index contributed by atoms with van der Waals surface area (Å²) in [4.78, 5) is 14.5. The maximum absolute atomic E-state index is 12.7. The number of ether oxygens (including phenoxy) is 1. The minimum Gasteiger partial charge on any atom is -0.490 e. The summed E-state index contributed by atoms with van der Waals surface area (Å²) >= 11 is 0. The van der Waals surface area contributed by atoms with Gasteiger partial charge < -0.3 is 14.1 Å². The van der Waals surface area contributed by atoms with Crippen molar-refractivity contribution in [3.8, 4) is 5.75 Å². The highest BCUT2D eigenvalue weighted by atomic mass is 16.5. The number of aromatic nitrogens is 2. The molecular formula is C21H23N3O3. The lowest BCUT2D eigenvalue weighted by Crippen LogP contribution is -2.41. The van der Waals surface area contributed by atoms with Crippen LogP contribution < -0.4 is 4.74 Å². The van der Waals surface area contributed by atoms with Crippen LogP contribution >= 0.6 is 0 Å². The molecule has 4 rings (SSSR count). The molecule has 0 aliphatic carbocycles. The number of likely N-dealkylation sites (tertiary alicyclic amines) is 1. The molecule has 2 aromatic heterocycles. The van der Waals surface area contributed by atoms with E-state index in [1.54, 1.807) is 16.9 Å². The number of rotatable bonds is 5. The van der Waals surface area contributed by atoms with Gasteiger partial charge in [0.25, 0.3) is 5.91 Å². The zero-order chi connectivity index (χ0) is 18.6. The molecule has 140 valence electrons. The molecule has 3 heterocycles. The second-order valence-corrected chi connectivity index (χ2v) is 6.84. The van der Waals surface area contributed by atoms with Crippen molar-refractivity contribution in [1.29, 1.82) is 0 Å². The summed E-state index contributed by atoms with van der Waals surface area (Å²) in [5.74, 6) is 1.97. The molecule has 0 saturated carbocycles. The van der Waals surface area contributed by atoms with Crippen molar-refractivity contribution in [3.05, 3.63) is 71.9 Å². The summed E-state index contributed by atoms with van der Waals surface area (Å²) in [6.07, 6.45) is 5.37. The number of benzene rings is 1. The second-order valence-electron chi connectivity index (χ2n) is 6.84. The normalized spacial score (nSPS) is 15.1. The van der Waals surface area contributed by atoms with Gasteiger partial charge in [0.15, 0.2) is 5.76 Å². The van der Waals surface area contributed by atoms with Crippen LogP contribution in [-0.2, 0) is 6.54 Å². The van der Waals surface area contributed by atoms with Gasteiger partial charge in [0.2, 0.25) is 0 Å². The Bertz CT molecular complexity index is 893. The number of amides is 1. The molecule has 6 nitrogen and oxygen atoms in total. The van der Waals surface area contributed by atoms with Crippen LogP contribution in [0.15, 0.2) is 59.3 Å². The summed E-state index contributed by atoms with van der Waals surface area (Å²) in [7, 11) is 0. The first-order valence-electron chi connectivity index (χ1n) is 9.27. The molecule has 0 radical (unpaired) electrons. The van der Waals surface area contributed by atoms with Gasteiger partial charge in [-0.2, -0.15) is 5.10 Å². The van der Waals surface area contributed by atoms with Crippen LogP contribution in [0.5, 0.6) is 5.75 Å². The van der Waals surface area contributed by atoms with Crippen molar-refractivity contribution < 1.29 is 13.9 Å². The average Bonchev–Trinajstić information content (AvgIpc) is 3.36. The predicted molar refractivity (Wildman–Crippen MR) is 101 cm³/mol. The van der Waals surface area contributed by atoms with Gasteiger partial charge in [0.05, 0.1) is 6.54 Å². The SMILES string of the molecule is Cc1ccccc1OC1CCN(C(=O)c2ccc(Cn3cccn3)o2)CC1. The van der Waals surface area contributed by atoms with Crippen molar-refractivity contribution in [2.45, 2.75) is 32.4 Å². The number of furan rings is 1. The third-order valence-electron chi connectivity index (χ3n) is 4.87. The molecule has 6 heteroatoms. The van der Waals surface area contributed by atoms with Gasteiger partial charge >= 0.3 is 0 Å². The molecule has 0 spiro atoms. The van der Waals surface area contributed by atoms with Crippen molar-refractivity contribution in [2.24, 2.45) is 0 Å². The molecule has 1 amide bonds. The Kier molecular flexibility index (Phi) is 4.96. The van der Waals surface area contributed by atoms with E-state index in [0.29, 0.717) is 25.4 Å². The number of hydrogen-bond donors (Lipinski definition) is 0. The molecule has 0 unspecified atom stereocenters. The molecule has 3 aromatic rings. The zero-order valence-electron chi connectivity index (χ0n) is 15.4. The third-order valence-corrected chi connectivity index (χ3v) is 4.87. The molecule has 0 atom stereocenters. The third kappa shape index (κ3) is 4.05. The fraction of sp³-hybridized carbons (Fsp3) is 0.333. The molecule has 1 fully saturated rings. The summed E-state index contributed by atoms with van der Waals surface area (Å²) in [5, 5.41) is 4.15. The largest absolute Gasteiger partial charge is 0.490 e. The number of aryl methyl sites for hydroxylation is 1. The van der Waals surface area contributed by atoms with Gasteiger partial charge in [0, 0.05) is 38.3 Å². The van der Waals surface area contributed by atoms with Crippen molar-refractivity contribution in [2.75, 3.05) is 13.1 Å². The molecule has 1 aliphatic rings. The Balaban J connectivity index is 1.32. The van der Waals surface area contributed by atoms with E-state index in [4.69, 9.17) is 9.15 Å². The van der Waals surface area contributed by atoms with Crippen molar-refractivity contribution >= 4 is 5.91 Å². The highest BCUT2D eigenvalue weighted by Gasteiger charge is 2.26. The quantitative estimate of drug-likeness (QED) is 0.694. The molecule has 1 saturated heterocycles. The first-order valence-corrected chi connectivity index (χ1v) is 9.27. The van der Waals surface area contributed by atoms with E-state index in [9.17, 15) is 4.79 Å². The van der Waals surface area contributed by atoms with Crippen LogP contribution in [0.2, 0.25) is 0 Å². The molecule has 0 N–H and O–H groups in total. The number of hydrogen-bond acceptors (Lipinski definition) is 4. The van der Waals surface area contributed by atoms with Crippen LogP contribution in [0.25, 0.3) is 0 Å². The molecule has 1 aliphatic heterocycles. The maximum atomic E-state index is 12.7. The van der Waals surface area contributed by atoms with E-state index in [0.717, 1.165) is 29.9 Å². The van der Waals surface area contributed by atoms with E-state index in [1.807, 2.05) is 54.4 Å².